The second kappa shape index (κ2) is 5.90. The molecule has 0 aliphatic heterocycles. The van der Waals surface area contributed by atoms with Gasteiger partial charge in [-0.05, 0) is 53.1 Å². The third kappa shape index (κ3) is 3.69. The van der Waals surface area contributed by atoms with Crippen molar-refractivity contribution in [3.8, 4) is 0 Å². The number of aromatic nitrogens is 1. The number of anilines is 1. The maximum absolute atomic E-state index is 11.2. The molecule has 0 saturated heterocycles. The summed E-state index contributed by atoms with van der Waals surface area (Å²) in [5.41, 5.74) is 0.222. The van der Waals surface area contributed by atoms with E-state index in [0.29, 0.717) is 28.2 Å². The zero-order valence-electron chi connectivity index (χ0n) is 11.2. The fourth-order valence-electron chi connectivity index (χ4n) is 2.98. The molecule has 5 heteroatoms. The largest absolute Gasteiger partial charge is 0.478 e. The van der Waals surface area contributed by atoms with Crippen molar-refractivity contribution in [3.63, 3.8) is 0 Å². The van der Waals surface area contributed by atoms with E-state index in [0.717, 1.165) is 12.8 Å². The Morgan fingerprint density at radius 1 is 1.37 bits per heavy atom. The number of pyridine rings is 1. The molecule has 19 heavy (non-hydrogen) atoms. The van der Waals surface area contributed by atoms with Crippen LogP contribution in [0.15, 0.2) is 16.7 Å². The molecule has 1 saturated carbocycles. The minimum absolute atomic E-state index is 0.222. The lowest BCUT2D eigenvalue weighted by atomic mass is 9.80. The molecule has 104 valence electrons. The summed E-state index contributed by atoms with van der Waals surface area (Å²) in [5.74, 6) is 0.866. The van der Waals surface area contributed by atoms with Gasteiger partial charge >= 0.3 is 5.97 Å². The Hall–Kier alpha value is -1.10. The van der Waals surface area contributed by atoms with Crippen molar-refractivity contribution in [3.05, 3.63) is 22.3 Å². The summed E-state index contributed by atoms with van der Waals surface area (Å²) in [7, 11) is 0. The zero-order chi connectivity index (χ0) is 14.0. The number of nitrogens with zero attached hydrogens (tertiary/aromatic N) is 1. The van der Waals surface area contributed by atoms with Gasteiger partial charge in [0.15, 0.2) is 0 Å². The molecule has 0 bridgehead atoms. The van der Waals surface area contributed by atoms with Gasteiger partial charge in [-0.15, -0.1) is 0 Å². The molecule has 1 aromatic rings. The van der Waals surface area contributed by atoms with Crippen LogP contribution in [-0.2, 0) is 0 Å². The summed E-state index contributed by atoms with van der Waals surface area (Å²) in [6, 6.07) is 1.90. The van der Waals surface area contributed by atoms with Gasteiger partial charge in [0, 0.05) is 16.7 Å². The van der Waals surface area contributed by atoms with E-state index >= 15 is 0 Å². The monoisotopic (exact) mass is 326 g/mol. The first kappa shape index (κ1) is 14.3. The molecule has 2 unspecified atom stereocenters. The second-order valence-electron chi connectivity index (χ2n) is 5.61. The summed E-state index contributed by atoms with van der Waals surface area (Å²) in [5, 5.41) is 12.5. The van der Waals surface area contributed by atoms with Crippen molar-refractivity contribution >= 4 is 27.7 Å². The van der Waals surface area contributed by atoms with Gasteiger partial charge in [0.1, 0.15) is 11.4 Å². The quantitative estimate of drug-likeness (QED) is 0.887. The number of carboxylic acids is 1. The van der Waals surface area contributed by atoms with Crippen molar-refractivity contribution in [2.75, 3.05) is 5.32 Å². The molecule has 2 rings (SSSR count). The van der Waals surface area contributed by atoms with Crippen molar-refractivity contribution < 1.29 is 9.90 Å². The lowest BCUT2D eigenvalue weighted by Gasteiger charge is -2.32. The minimum Gasteiger partial charge on any atom is -0.478 e. The Balaban J connectivity index is 2.16. The number of aromatic carboxylic acids is 1. The maximum Gasteiger partial charge on any atom is 0.339 e. The van der Waals surface area contributed by atoms with Crippen LogP contribution >= 0.6 is 15.9 Å². The van der Waals surface area contributed by atoms with E-state index in [1.54, 1.807) is 12.3 Å². The van der Waals surface area contributed by atoms with Crippen LogP contribution < -0.4 is 5.32 Å². The molecule has 1 aliphatic carbocycles. The fraction of sp³-hybridized carbons (Fsp3) is 0.571. The summed E-state index contributed by atoms with van der Waals surface area (Å²) >= 11 is 3.26. The maximum atomic E-state index is 11.2. The second-order valence-corrected chi connectivity index (χ2v) is 6.53. The third-order valence-corrected chi connectivity index (χ3v) is 4.04. The van der Waals surface area contributed by atoms with Crippen LogP contribution in [-0.4, -0.2) is 22.1 Å². The number of hydrogen-bond donors (Lipinski definition) is 2. The van der Waals surface area contributed by atoms with E-state index in [9.17, 15) is 9.90 Å². The lowest BCUT2D eigenvalue weighted by Crippen LogP contribution is -2.31. The van der Waals surface area contributed by atoms with E-state index in [4.69, 9.17) is 0 Å². The van der Waals surface area contributed by atoms with Crippen LogP contribution in [0.25, 0.3) is 0 Å². The van der Waals surface area contributed by atoms with E-state index in [1.165, 1.54) is 6.42 Å². The van der Waals surface area contributed by atoms with Crippen LogP contribution in [0.2, 0.25) is 0 Å². The van der Waals surface area contributed by atoms with E-state index in [-0.39, 0.29) is 5.56 Å². The molecule has 0 spiro atoms. The average Bonchev–Trinajstić information content (AvgIpc) is 2.30. The molecule has 4 nitrogen and oxygen atoms in total. The Morgan fingerprint density at radius 2 is 2.00 bits per heavy atom. The highest BCUT2D eigenvalue weighted by atomic mass is 79.9. The fourth-order valence-corrected chi connectivity index (χ4v) is 3.31. The number of carboxylic acid groups (broad SMARTS) is 1. The highest BCUT2D eigenvalue weighted by molar-refractivity contribution is 9.10. The van der Waals surface area contributed by atoms with Crippen LogP contribution in [0, 0.1) is 11.8 Å². The zero-order valence-corrected chi connectivity index (χ0v) is 12.8. The van der Waals surface area contributed by atoms with Crippen LogP contribution in [0.3, 0.4) is 0 Å². The Morgan fingerprint density at radius 3 is 2.58 bits per heavy atom. The first-order chi connectivity index (χ1) is 8.95. The van der Waals surface area contributed by atoms with Crippen molar-refractivity contribution in [1.82, 2.24) is 4.98 Å². The normalized spacial score (nSPS) is 27.0. The highest BCUT2D eigenvalue weighted by Crippen LogP contribution is 2.31. The van der Waals surface area contributed by atoms with E-state index < -0.39 is 5.97 Å². The number of halogens is 1. The van der Waals surface area contributed by atoms with Gasteiger partial charge in [-0.2, -0.15) is 0 Å². The Kier molecular flexibility index (Phi) is 4.45. The SMILES string of the molecule is CC1CC(C)CC(Nc2ncc(Br)cc2C(=O)O)C1. The molecule has 2 atom stereocenters. The average molecular weight is 327 g/mol. The summed E-state index contributed by atoms with van der Waals surface area (Å²) in [6.07, 6.45) is 5.02. The number of carbonyl (C=O) groups is 1. The van der Waals surface area contributed by atoms with Crippen LogP contribution in [0.5, 0.6) is 0 Å². The summed E-state index contributed by atoms with van der Waals surface area (Å²) in [4.78, 5) is 15.4. The lowest BCUT2D eigenvalue weighted by molar-refractivity contribution is 0.0697. The molecule has 0 amide bonds. The number of rotatable bonds is 3. The van der Waals surface area contributed by atoms with Gasteiger partial charge < -0.3 is 10.4 Å². The Labute approximate surface area is 121 Å². The van der Waals surface area contributed by atoms with Crippen molar-refractivity contribution in [2.45, 2.75) is 39.2 Å². The van der Waals surface area contributed by atoms with Gasteiger partial charge in [-0.1, -0.05) is 13.8 Å². The first-order valence-corrected chi connectivity index (χ1v) is 7.40. The molecule has 0 radical (unpaired) electrons. The smallest absolute Gasteiger partial charge is 0.339 e. The van der Waals surface area contributed by atoms with E-state index in [2.05, 4.69) is 40.1 Å². The molecule has 2 N–H and O–H groups in total. The number of hydrogen-bond acceptors (Lipinski definition) is 3. The van der Waals surface area contributed by atoms with Gasteiger partial charge in [0.05, 0.1) is 0 Å². The summed E-state index contributed by atoms with van der Waals surface area (Å²) in [6.45, 7) is 4.49. The topological polar surface area (TPSA) is 62.2 Å². The van der Waals surface area contributed by atoms with Gasteiger partial charge in [-0.25, -0.2) is 9.78 Å². The number of nitrogens with one attached hydrogen (secondary N) is 1. The molecule has 0 aromatic carbocycles. The van der Waals surface area contributed by atoms with Gasteiger partial charge in [-0.3, -0.25) is 0 Å². The molecular weight excluding hydrogens is 308 g/mol. The first-order valence-electron chi connectivity index (χ1n) is 6.61. The molecule has 1 aliphatic rings. The third-order valence-electron chi connectivity index (χ3n) is 3.60. The van der Waals surface area contributed by atoms with Crippen LogP contribution in [0.4, 0.5) is 5.82 Å². The predicted octanol–water partition coefficient (Wildman–Crippen LogP) is 3.78. The molecule has 1 aromatic heterocycles. The minimum atomic E-state index is -0.951. The predicted molar refractivity (Wildman–Crippen MR) is 78.5 cm³/mol. The highest BCUT2D eigenvalue weighted by Gasteiger charge is 2.25. The van der Waals surface area contributed by atoms with Gasteiger partial charge in [0.25, 0.3) is 0 Å². The van der Waals surface area contributed by atoms with E-state index in [1.807, 2.05) is 0 Å². The summed E-state index contributed by atoms with van der Waals surface area (Å²) < 4.78 is 0.681. The Bertz CT molecular complexity index is 469. The van der Waals surface area contributed by atoms with Crippen molar-refractivity contribution in [1.29, 1.82) is 0 Å². The van der Waals surface area contributed by atoms with Crippen LogP contribution in [0.1, 0.15) is 43.5 Å². The van der Waals surface area contributed by atoms with Crippen molar-refractivity contribution in [2.24, 2.45) is 11.8 Å². The molecular formula is C14H19BrN2O2. The van der Waals surface area contributed by atoms with Gasteiger partial charge in [0.2, 0.25) is 0 Å². The molecule has 1 heterocycles. The molecule has 1 fully saturated rings. The standard InChI is InChI=1S/C14H19BrN2O2/c1-8-3-9(2)5-11(4-8)17-13-12(14(18)19)6-10(15)7-16-13/h6-9,11H,3-5H2,1-2H3,(H,16,17)(H,18,19).